The summed E-state index contributed by atoms with van der Waals surface area (Å²) in [7, 11) is 0. The topological polar surface area (TPSA) is 12.0 Å². The van der Waals surface area contributed by atoms with Gasteiger partial charge in [0.05, 0.1) is 10.0 Å². The molecule has 1 fully saturated rings. The maximum atomic E-state index is 6.24. The van der Waals surface area contributed by atoms with E-state index in [2.05, 4.69) is 45.1 Å². The molecule has 1 aliphatic carbocycles. The fourth-order valence-electron chi connectivity index (χ4n) is 3.31. The largest absolute Gasteiger partial charge is 0.316 e. The van der Waals surface area contributed by atoms with E-state index in [9.17, 15) is 0 Å². The van der Waals surface area contributed by atoms with Crippen LogP contribution in [0, 0.1) is 11.3 Å². The Morgan fingerprint density at radius 1 is 1.19 bits per heavy atom. The van der Waals surface area contributed by atoms with Crippen LogP contribution in [0.2, 0.25) is 10.0 Å². The maximum absolute atomic E-state index is 6.24. The standard InChI is InChI=1S/C18H27Cl2N/c1-5-8-21-12-18(10-14(11-18)17(2,3)4)13-6-7-15(19)16(20)9-13/h6-7,9,14,21H,5,8,10-12H2,1-4H3. The number of nitrogens with one attached hydrogen (secondary N) is 1. The van der Waals surface area contributed by atoms with Gasteiger partial charge in [-0.25, -0.2) is 0 Å². The Labute approximate surface area is 139 Å². The highest BCUT2D eigenvalue weighted by atomic mass is 35.5. The number of rotatable bonds is 5. The first-order valence-corrected chi connectivity index (χ1v) is 8.70. The third-order valence-electron chi connectivity index (χ3n) is 4.92. The molecular formula is C18H27Cl2N. The Morgan fingerprint density at radius 3 is 2.38 bits per heavy atom. The Bertz CT molecular complexity index is 484. The summed E-state index contributed by atoms with van der Waals surface area (Å²) >= 11 is 12.3. The van der Waals surface area contributed by atoms with Crippen LogP contribution in [0.3, 0.4) is 0 Å². The van der Waals surface area contributed by atoms with E-state index in [0.29, 0.717) is 15.5 Å². The number of hydrogen-bond acceptors (Lipinski definition) is 1. The van der Waals surface area contributed by atoms with Crippen molar-refractivity contribution in [3.8, 4) is 0 Å². The Kier molecular flexibility index (Phi) is 5.28. The van der Waals surface area contributed by atoms with Gasteiger partial charge >= 0.3 is 0 Å². The highest BCUT2D eigenvalue weighted by Crippen LogP contribution is 2.54. The third kappa shape index (κ3) is 3.75. The molecule has 0 spiro atoms. The second-order valence-electron chi connectivity index (χ2n) is 7.56. The molecule has 0 saturated heterocycles. The minimum absolute atomic E-state index is 0.224. The van der Waals surface area contributed by atoms with E-state index in [-0.39, 0.29) is 5.41 Å². The van der Waals surface area contributed by atoms with Crippen molar-refractivity contribution in [3.05, 3.63) is 33.8 Å². The van der Waals surface area contributed by atoms with E-state index in [0.717, 1.165) is 19.0 Å². The van der Waals surface area contributed by atoms with Gasteiger partial charge in [0.15, 0.2) is 0 Å². The first-order valence-electron chi connectivity index (χ1n) is 7.95. The van der Waals surface area contributed by atoms with E-state index >= 15 is 0 Å². The average molecular weight is 328 g/mol. The SMILES string of the molecule is CCCNCC1(c2ccc(Cl)c(Cl)c2)CC(C(C)(C)C)C1. The van der Waals surface area contributed by atoms with Gasteiger partial charge in [-0.15, -0.1) is 0 Å². The fourth-order valence-corrected chi connectivity index (χ4v) is 3.61. The molecule has 1 aliphatic rings. The lowest BCUT2D eigenvalue weighted by Gasteiger charge is -2.53. The molecule has 1 aromatic rings. The second kappa shape index (κ2) is 6.48. The van der Waals surface area contributed by atoms with Crippen molar-refractivity contribution in [1.29, 1.82) is 0 Å². The van der Waals surface area contributed by atoms with Crippen molar-refractivity contribution < 1.29 is 0 Å². The lowest BCUT2D eigenvalue weighted by atomic mass is 9.52. The van der Waals surface area contributed by atoms with Crippen molar-refractivity contribution >= 4 is 23.2 Å². The van der Waals surface area contributed by atoms with Gasteiger partial charge in [-0.05, 0) is 54.8 Å². The summed E-state index contributed by atoms with van der Waals surface area (Å²) < 4.78 is 0. The quantitative estimate of drug-likeness (QED) is 0.685. The van der Waals surface area contributed by atoms with Crippen LogP contribution in [-0.4, -0.2) is 13.1 Å². The van der Waals surface area contributed by atoms with Crippen LogP contribution in [0.1, 0.15) is 52.5 Å². The molecule has 0 aromatic heterocycles. The van der Waals surface area contributed by atoms with Crippen LogP contribution < -0.4 is 5.32 Å². The summed E-state index contributed by atoms with van der Waals surface area (Å²) in [4.78, 5) is 0. The highest BCUT2D eigenvalue weighted by Gasteiger charge is 2.49. The van der Waals surface area contributed by atoms with Gasteiger partial charge in [-0.3, -0.25) is 0 Å². The lowest BCUT2D eigenvalue weighted by molar-refractivity contribution is 0.0450. The van der Waals surface area contributed by atoms with E-state index in [1.165, 1.54) is 24.8 Å². The molecule has 118 valence electrons. The molecule has 1 nitrogen and oxygen atoms in total. The van der Waals surface area contributed by atoms with E-state index < -0.39 is 0 Å². The van der Waals surface area contributed by atoms with Crippen LogP contribution in [0.15, 0.2) is 18.2 Å². The second-order valence-corrected chi connectivity index (χ2v) is 8.37. The van der Waals surface area contributed by atoms with Gasteiger partial charge in [0, 0.05) is 12.0 Å². The van der Waals surface area contributed by atoms with Crippen LogP contribution in [0.5, 0.6) is 0 Å². The van der Waals surface area contributed by atoms with Crippen molar-refractivity contribution in [2.45, 2.75) is 52.4 Å². The van der Waals surface area contributed by atoms with Gasteiger partial charge in [0.1, 0.15) is 0 Å². The predicted molar refractivity (Wildman–Crippen MR) is 93.5 cm³/mol. The monoisotopic (exact) mass is 327 g/mol. The molecule has 3 heteroatoms. The first kappa shape index (κ1) is 17.1. The zero-order chi connectivity index (χ0) is 15.7. The Balaban J connectivity index is 2.19. The minimum atomic E-state index is 0.224. The molecule has 21 heavy (non-hydrogen) atoms. The number of halogens is 2. The molecule has 0 bridgehead atoms. The first-order chi connectivity index (χ1) is 9.78. The summed E-state index contributed by atoms with van der Waals surface area (Å²) in [6.07, 6.45) is 3.62. The van der Waals surface area contributed by atoms with Crippen molar-refractivity contribution in [1.82, 2.24) is 5.32 Å². The van der Waals surface area contributed by atoms with E-state index in [1.54, 1.807) is 0 Å². The van der Waals surface area contributed by atoms with E-state index in [4.69, 9.17) is 23.2 Å². The van der Waals surface area contributed by atoms with Crippen LogP contribution in [0.25, 0.3) is 0 Å². The molecule has 1 aromatic carbocycles. The Hall–Kier alpha value is -0.240. The van der Waals surface area contributed by atoms with Crippen LogP contribution in [0.4, 0.5) is 0 Å². The van der Waals surface area contributed by atoms with Crippen LogP contribution >= 0.6 is 23.2 Å². The average Bonchev–Trinajstić information content (AvgIpc) is 2.34. The third-order valence-corrected chi connectivity index (χ3v) is 5.66. The Morgan fingerprint density at radius 2 is 1.86 bits per heavy atom. The summed E-state index contributed by atoms with van der Waals surface area (Å²) in [6.45, 7) is 11.3. The van der Waals surface area contributed by atoms with Crippen molar-refractivity contribution in [2.75, 3.05) is 13.1 Å². The summed E-state index contributed by atoms with van der Waals surface area (Å²) in [5.41, 5.74) is 1.94. The van der Waals surface area contributed by atoms with Gasteiger partial charge in [-0.2, -0.15) is 0 Å². The molecule has 0 heterocycles. The molecule has 0 unspecified atom stereocenters. The zero-order valence-electron chi connectivity index (χ0n) is 13.6. The van der Waals surface area contributed by atoms with Crippen molar-refractivity contribution in [3.63, 3.8) is 0 Å². The smallest absolute Gasteiger partial charge is 0.0595 e. The molecule has 0 amide bonds. The molecule has 0 atom stereocenters. The molecule has 1 saturated carbocycles. The van der Waals surface area contributed by atoms with Crippen molar-refractivity contribution in [2.24, 2.45) is 11.3 Å². The summed E-state index contributed by atoms with van der Waals surface area (Å²) in [5, 5.41) is 4.92. The summed E-state index contributed by atoms with van der Waals surface area (Å²) in [5.74, 6) is 0.774. The normalized spacial score (nSPS) is 25.7. The number of hydrogen-bond donors (Lipinski definition) is 1. The predicted octanol–water partition coefficient (Wildman–Crippen LogP) is 5.69. The highest BCUT2D eigenvalue weighted by molar-refractivity contribution is 6.42. The zero-order valence-corrected chi connectivity index (χ0v) is 15.1. The molecule has 2 rings (SSSR count). The van der Waals surface area contributed by atoms with Gasteiger partial charge in [0.2, 0.25) is 0 Å². The van der Waals surface area contributed by atoms with Crippen LogP contribution in [-0.2, 0) is 5.41 Å². The van der Waals surface area contributed by atoms with Gasteiger partial charge in [-0.1, -0.05) is 57.0 Å². The fraction of sp³-hybridized carbons (Fsp3) is 0.667. The van der Waals surface area contributed by atoms with Gasteiger partial charge < -0.3 is 5.32 Å². The molecule has 0 radical (unpaired) electrons. The molecule has 1 N–H and O–H groups in total. The van der Waals surface area contributed by atoms with E-state index in [1.807, 2.05) is 6.07 Å². The molecular weight excluding hydrogens is 301 g/mol. The number of benzene rings is 1. The molecule has 0 aliphatic heterocycles. The maximum Gasteiger partial charge on any atom is 0.0595 e. The lowest BCUT2D eigenvalue weighted by Crippen LogP contribution is -2.52. The minimum Gasteiger partial charge on any atom is -0.316 e. The summed E-state index contributed by atoms with van der Waals surface area (Å²) in [6, 6.07) is 6.16. The van der Waals surface area contributed by atoms with Gasteiger partial charge in [0.25, 0.3) is 0 Å².